The number of hydrogen-bond acceptors (Lipinski definition) is 2. The molecule has 12 rings (SSSR count). The van der Waals surface area contributed by atoms with Crippen LogP contribution in [0.15, 0.2) is 128 Å². The predicted molar refractivity (Wildman–Crippen MR) is 300 cm³/mol. The molecule has 5 nitrogen and oxygen atoms in total. The summed E-state index contributed by atoms with van der Waals surface area (Å²) in [4.78, 5) is 4.79. The van der Waals surface area contributed by atoms with Crippen LogP contribution < -0.4 is 9.30 Å². The van der Waals surface area contributed by atoms with Crippen molar-refractivity contribution in [2.75, 3.05) is 0 Å². The first kappa shape index (κ1) is 49.6. The van der Waals surface area contributed by atoms with Crippen molar-refractivity contribution in [2.24, 2.45) is 0 Å². The molecule has 1 spiro atoms. The molecule has 0 amide bonds. The van der Waals surface area contributed by atoms with E-state index in [-0.39, 0.29) is 42.7 Å². The first-order chi connectivity index (χ1) is 34.5. The smallest absolute Gasteiger partial charge is 0.268 e. The third-order valence-electron chi connectivity index (χ3n) is 15.8. The van der Waals surface area contributed by atoms with E-state index in [4.69, 9.17) is 9.72 Å². The van der Waals surface area contributed by atoms with Gasteiger partial charge >= 0.3 is 0 Å². The molecule has 0 radical (unpaired) electrons. The molecule has 0 N–H and O–H groups in total. The second-order valence-corrected chi connectivity index (χ2v) is 25.1. The van der Waals surface area contributed by atoms with Crippen molar-refractivity contribution in [3.63, 3.8) is 0 Å². The van der Waals surface area contributed by atoms with Crippen LogP contribution in [0.1, 0.15) is 144 Å². The fraction of sp³-hybridized carbons (Fsp3) is 0.294. The molecule has 3 aromatic heterocycles. The van der Waals surface area contributed by atoms with Crippen molar-refractivity contribution < 1.29 is 30.4 Å². The van der Waals surface area contributed by atoms with Crippen molar-refractivity contribution in [3.05, 3.63) is 207 Å². The minimum Gasteiger partial charge on any atom is -0.510 e. The summed E-state index contributed by atoms with van der Waals surface area (Å²) in [5, 5.41) is 2.23. The molecule has 2 aliphatic rings. The molecule has 0 fully saturated rings. The van der Waals surface area contributed by atoms with Crippen LogP contribution in [0.3, 0.4) is 0 Å². The number of benzene rings is 7. The number of ether oxygens (including phenoxy) is 1. The summed E-state index contributed by atoms with van der Waals surface area (Å²) < 4.78 is 13.8. The monoisotopic (exact) mass is 1150 g/mol. The largest absolute Gasteiger partial charge is 0.510 e. The van der Waals surface area contributed by atoms with E-state index in [2.05, 4.69) is 233 Å². The number of nitrogens with zero attached hydrogens (tertiary/aromatic N) is 4. The summed E-state index contributed by atoms with van der Waals surface area (Å²) in [6.45, 7) is 35.2. The Bertz CT molecular complexity index is 3850. The van der Waals surface area contributed by atoms with E-state index >= 15 is 0 Å². The van der Waals surface area contributed by atoms with Gasteiger partial charge in [0.1, 0.15) is 5.82 Å². The summed E-state index contributed by atoms with van der Waals surface area (Å²) in [6.07, 6.45) is 5.83. The minimum atomic E-state index is -0.751. The third kappa shape index (κ3) is 7.34. The molecule has 4 heterocycles. The Morgan fingerprint density at radius 2 is 1.16 bits per heavy atom. The number of fused-ring (bicyclic) bond motifs is 12. The van der Waals surface area contributed by atoms with Gasteiger partial charge in [0.05, 0.1) is 16.7 Å². The van der Waals surface area contributed by atoms with Crippen LogP contribution in [0, 0.1) is 39.2 Å². The summed E-state index contributed by atoms with van der Waals surface area (Å²) in [5.74, 6) is 2.03. The molecular formula is C68H66N4OPt-2. The van der Waals surface area contributed by atoms with Gasteiger partial charge in [-0.25, -0.2) is 4.98 Å². The molecule has 0 saturated heterocycles. The molecule has 7 aromatic carbocycles. The van der Waals surface area contributed by atoms with Crippen molar-refractivity contribution in [3.8, 4) is 39.8 Å². The van der Waals surface area contributed by atoms with Gasteiger partial charge in [-0.15, -0.1) is 35.2 Å². The maximum atomic E-state index is 7.04. The summed E-state index contributed by atoms with van der Waals surface area (Å²) in [6, 6.07) is 52.6. The van der Waals surface area contributed by atoms with Crippen molar-refractivity contribution in [2.45, 2.75) is 131 Å². The van der Waals surface area contributed by atoms with E-state index < -0.39 is 5.41 Å². The van der Waals surface area contributed by atoms with E-state index in [9.17, 15) is 0 Å². The standard InChI is InChI=1S/C68H66N4O.Pt/c1-40-31-41(2)62(42(3)32-40)70-39-71-58-38-46(73-45-26-28-48-47-21-16-17-23-55(47)72(57(48)37-45)59-25-18-19-30-69-59)27-29-51(58)68(52-22-20-24-56(70)63(52)71)60-49(33-43(64(4,5)6)35-53(60)66(10,11)12)50-34-44(65(7,8)9)36-54(61(50)68)67(13,14)15;/h16-36H,1-15H3;/q-2;. The Labute approximate surface area is 452 Å². The Balaban J connectivity index is 0.00000588. The zero-order valence-corrected chi connectivity index (χ0v) is 47.9. The molecule has 1 aliphatic carbocycles. The molecular weight excluding hydrogens is 1080 g/mol. The van der Waals surface area contributed by atoms with Gasteiger partial charge in [0, 0.05) is 49.7 Å². The second kappa shape index (κ2) is 16.7. The van der Waals surface area contributed by atoms with Gasteiger partial charge in [-0.1, -0.05) is 173 Å². The number of pyridine rings is 1. The van der Waals surface area contributed by atoms with E-state index in [1.165, 1.54) is 66.8 Å². The maximum Gasteiger partial charge on any atom is 0.268 e. The van der Waals surface area contributed by atoms with Crippen molar-refractivity contribution in [1.82, 2.24) is 14.1 Å². The van der Waals surface area contributed by atoms with Gasteiger partial charge < -0.3 is 13.9 Å². The first-order valence-electron chi connectivity index (χ1n) is 26.0. The number of hydrogen-bond donors (Lipinski definition) is 0. The zero-order valence-electron chi connectivity index (χ0n) is 45.6. The SMILES string of the molecule is Cc1cc(C)c(-[n+]2[c-]n3c4c(cccc42)C2(c4ccc(Oc5[c-]c6c(cc5)c5ccccc5n6-c5ccccn5)[c-]c4-3)c3c(cc(C(C)(C)C)cc3C(C)(C)C)-c3cc(C(C)(C)C)cc(C(C)(C)C)c32)c(C)c1.[Pt]. The molecule has 0 bridgehead atoms. The Hall–Kier alpha value is -6.55. The summed E-state index contributed by atoms with van der Waals surface area (Å²) in [5.41, 5.74) is 21.7. The Kier molecular flexibility index (Phi) is 11.2. The van der Waals surface area contributed by atoms with Crippen LogP contribution in [0.25, 0.3) is 61.2 Å². The first-order valence-corrected chi connectivity index (χ1v) is 26.0. The molecule has 376 valence electrons. The summed E-state index contributed by atoms with van der Waals surface area (Å²) >= 11 is 0. The fourth-order valence-corrected chi connectivity index (χ4v) is 12.5. The molecule has 74 heavy (non-hydrogen) atoms. The molecule has 10 aromatic rings. The van der Waals surface area contributed by atoms with Gasteiger partial charge in [-0.2, -0.15) is 12.1 Å². The number of rotatable bonds is 4. The van der Waals surface area contributed by atoms with E-state index in [0.717, 1.165) is 55.6 Å². The zero-order chi connectivity index (χ0) is 51.5. The normalized spacial score (nSPS) is 13.9. The molecule has 0 saturated carbocycles. The van der Waals surface area contributed by atoms with Gasteiger partial charge in [0.15, 0.2) is 0 Å². The number of imidazole rings is 1. The second-order valence-electron chi connectivity index (χ2n) is 25.1. The molecule has 1 aliphatic heterocycles. The number of aryl methyl sites for hydroxylation is 3. The van der Waals surface area contributed by atoms with Gasteiger partial charge in [0.25, 0.3) is 6.33 Å². The minimum absolute atomic E-state index is 0. The number of para-hydroxylation sites is 2. The average Bonchev–Trinajstić information content (AvgIpc) is 4.08. The van der Waals surface area contributed by atoms with Crippen LogP contribution >= 0.6 is 0 Å². The van der Waals surface area contributed by atoms with Crippen LogP contribution in [0.4, 0.5) is 0 Å². The van der Waals surface area contributed by atoms with Crippen LogP contribution in [-0.4, -0.2) is 14.1 Å². The maximum absolute atomic E-state index is 7.04. The van der Waals surface area contributed by atoms with Crippen molar-refractivity contribution >= 4 is 32.8 Å². The van der Waals surface area contributed by atoms with Gasteiger partial charge in [0.2, 0.25) is 0 Å². The Morgan fingerprint density at radius 1 is 0.568 bits per heavy atom. The van der Waals surface area contributed by atoms with E-state index in [1.54, 1.807) is 0 Å². The average molecular weight is 1150 g/mol. The van der Waals surface area contributed by atoms with Crippen LogP contribution in [-0.2, 0) is 48.1 Å². The topological polar surface area (TPSA) is 35.9 Å². The van der Waals surface area contributed by atoms with Gasteiger partial charge in [-0.05, 0) is 133 Å². The molecule has 6 heteroatoms. The fourth-order valence-electron chi connectivity index (χ4n) is 12.5. The van der Waals surface area contributed by atoms with Gasteiger partial charge in [-0.3, -0.25) is 4.57 Å². The van der Waals surface area contributed by atoms with Crippen LogP contribution in [0.5, 0.6) is 11.5 Å². The van der Waals surface area contributed by atoms with E-state index in [0.29, 0.717) is 11.5 Å². The number of aromatic nitrogens is 4. The molecule has 0 atom stereocenters. The van der Waals surface area contributed by atoms with Crippen LogP contribution in [0.2, 0.25) is 0 Å². The van der Waals surface area contributed by atoms with E-state index in [1.807, 2.05) is 30.5 Å². The summed E-state index contributed by atoms with van der Waals surface area (Å²) in [7, 11) is 0. The third-order valence-corrected chi connectivity index (χ3v) is 15.8. The quantitative estimate of drug-likeness (QED) is 0.130. The predicted octanol–water partition coefficient (Wildman–Crippen LogP) is 16.4. The Morgan fingerprint density at radius 3 is 1.76 bits per heavy atom. The van der Waals surface area contributed by atoms with Crippen molar-refractivity contribution in [1.29, 1.82) is 0 Å². The molecule has 0 unspecified atom stereocenters.